The van der Waals surface area contributed by atoms with Crippen LogP contribution >= 0.6 is 0 Å². The number of carbonyl (C=O) groups is 1. The van der Waals surface area contributed by atoms with E-state index in [0.717, 1.165) is 0 Å². The molecule has 19 heavy (non-hydrogen) atoms. The van der Waals surface area contributed by atoms with E-state index in [-0.39, 0.29) is 11.3 Å². The summed E-state index contributed by atoms with van der Waals surface area (Å²) in [4.78, 5) is 15.3. The highest BCUT2D eigenvalue weighted by atomic mass is 32.2. The molecule has 0 amide bonds. The maximum Gasteiger partial charge on any atom is 0.339 e. The lowest BCUT2D eigenvalue weighted by Crippen LogP contribution is -2.14. The second-order valence-electron chi connectivity index (χ2n) is 4.52. The lowest BCUT2D eigenvalue weighted by Gasteiger charge is -2.11. The Balaban J connectivity index is 2.80. The first-order chi connectivity index (χ1) is 8.70. The fraction of sp³-hybridized carbons (Fsp3) is 0.500. The third-order valence-corrected chi connectivity index (χ3v) is 3.57. The van der Waals surface area contributed by atoms with Crippen molar-refractivity contribution in [3.05, 3.63) is 22.9 Å². The molecule has 0 saturated heterocycles. The molecular weight excluding hydrogens is 268 g/mol. The van der Waals surface area contributed by atoms with Crippen molar-refractivity contribution in [3.8, 4) is 0 Å². The van der Waals surface area contributed by atoms with Crippen molar-refractivity contribution in [3.63, 3.8) is 0 Å². The molecule has 106 valence electrons. The monoisotopic (exact) mass is 286 g/mol. The Hall–Kier alpha value is -1.63. The molecule has 7 heteroatoms. The minimum Gasteiger partial charge on any atom is -0.478 e. The fourth-order valence-electron chi connectivity index (χ4n) is 1.78. The van der Waals surface area contributed by atoms with Gasteiger partial charge in [0.15, 0.2) is 0 Å². The first-order valence-electron chi connectivity index (χ1n) is 5.84. The summed E-state index contributed by atoms with van der Waals surface area (Å²) in [7, 11) is -3.00. The summed E-state index contributed by atoms with van der Waals surface area (Å²) in [5, 5.41) is 12.0. The molecule has 0 saturated carbocycles. The summed E-state index contributed by atoms with van der Waals surface area (Å²) >= 11 is 0. The number of aromatic carboxylic acids is 1. The number of nitrogens with one attached hydrogen (secondary N) is 1. The lowest BCUT2D eigenvalue weighted by atomic mass is 10.1. The minimum atomic E-state index is -3.00. The molecule has 0 bridgehead atoms. The van der Waals surface area contributed by atoms with Gasteiger partial charge in [0.1, 0.15) is 21.2 Å². The Morgan fingerprint density at radius 1 is 1.42 bits per heavy atom. The van der Waals surface area contributed by atoms with Gasteiger partial charge in [-0.15, -0.1) is 0 Å². The zero-order chi connectivity index (χ0) is 14.6. The SMILES string of the molecule is Cc1cc(C)c(C(=O)O)c(NCCCS(C)(=O)=O)n1. The summed E-state index contributed by atoms with van der Waals surface area (Å²) in [6.07, 6.45) is 1.58. The van der Waals surface area contributed by atoms with Crippen LogP contribution in [0, 0.1) is 13.8 Å². The summed E-state index contributed by atoms with van der Waals surface area (Å²) in [5.74, 6) is -0.693. The first kappa shape index (κ1) is 15.4. The number of carboxylic acids is 1. The summed E-state index contributed by atoms with van der Waals surface area (Å²) in [6.45, 7) is 3.85. The van der Waals surface area contributed by atoms with E-state index in [2.05, 4.69) is 10.3 Å². The van der Waals surface area contributed by atoms with Crippen molar-refractivity contribution in [2.45, 2.75) is 20.3 Å². The van der Waals surface area contributed by atoms with E-state index in [4.69, 9.17) is 5.11 Å². The van der Waals surface area contributed by atoms with Crippen LogP contribution in [-0.2, 0) is 9.84 Å². The quantitative estimate of drug-likeness (QED) is 0.764. The van der Waals surface area contributed by atoms with Gasteiger partial charge in [-0.05, 0) is 31.9 Å². The first-order valence-corrected chi connectivity index (χ1v) is 7.90. The second kappa shape index (κ2) is 6.01. The van der Waals surface area contributed by atoms with E-state index in [1.54, 1.807) is 19.9 Å². The van der Waals surface area contributed by atoms with Crippen LogP contribution in [-0.4, -0.2) is 43.0 Å². The van der Waals surface area contributed by atoms with E-state index in [1.807, 2.05) is 0 Å². The Morgan fingerprint density at radius 2 is 2.05 bits per heavy atom. The standard InChI is InChI=1S/C12H18N2O4S/c1-8-7-9(2)14-11(10(8)12(15)16)13-5-4-6-19(3,17)18/h7H,4-6H2,1-3H3,(H,13,14)(H,15,16). The predicted molar refractivity (Wildman–Crippen MR) is 73.5 cm³/mol. The van der Waals surface area contributed by atoms with E-state index < -0.39 is 15.8 Å². The van der Waals surface area contributed by atoms with Crippen LogP contribution in [0.25, 0.3) is 0 Å². The zero-order valence-electron chi connectivity index (χ0n) is 11.2. The summed E-state index contributed by atoms with van der Waals surface area (Å²) in [6, 6.07) is 1.70. The van der Waals surface area contributed by atoms with E-state index >= 15 is 0 Å². The predicted octanol–water partition coefficient (Wildman–Crippen LogP) is 1.24. The number of sulfone groups is 1. The van der Waals surface area contributed by atoms with Crippen molar-refractivity contribution >= 4 is 21.6 Å². The lowest BCUT2D eigenvalue weighted by molar-refractivity contribution is 0.0696. The number of carboxylic acid groups (broad SMARTS) is 1. The van der Waals surface area contributed by atoms with Crippen LogP contribution in [0.15, 0.2) is 6.07 Å². The van der Waals surface area contributed by atoms with E-state index in [1.165, 1.54) is 6.26 Å². The topological polar surface area (TPSA) is 96.4 Å². The van der Waals surface area contributed by atoms with Crippen LogP contribution in [0.3, 0.4) is 0 Å². The molecule has 1 aromatic heterocycles. The molecule has 0 spiro atoms. The number of anilines is 1. The van der Waals surface area contributed by atoms with E-state index in [0.29, 0.717) is 30.0 Å². The Kier molecular flexibility index (Phi) is 4.88. The van der Waals surface area contributed by atoms with Crippen molar-refractivity contribution in [1.82, 2.24) is 4.98 Å². The van der Waals surface area contributed by atoms with Gasteiger partial charge in [-0.25, -0.2) is 18.2 Å². The average molecular weight is 286 g/mol. The molecular formula is C12H18N2O4S. The molecule has 6 nitrogen and oxygen atoms in total. The molecule has 1 heterocycles. The maximum absolute atomic E-state index is 11.2. The van der Waals surface area contributed by atoms with Crippen LogP contribution in [0.1, 0.15) is 28.0 Å². The largest absolute Gasteiger partial charge is 0.478 e. The van der Waals surface area contributed by atoms with Gasteiger partial charge >= 0.3 is 5.97 Å². The van der Waals surface area contributed by atoms with Gasteiger partial charge in [-0.1, -0.05) is 0 Å². The highest BCUT2D eigenvalue weighted by Gasteiger charge is 2.15. The Labute approximate surface area is 112 Å². The van der Waals surface area contributed by atoms with Gasteiger partial charge < -0.3 is 10.4 Å². The fourth-order valence-corrected chi connectivity index (χ4v) is 2.44. The number of rotatable bonds is 6. The Morgan fingerprint density at radius 3 is 2.58 bits per heavy atom. The second-order valence-corrected chi connectivity index (χ2v) is 6.78. The number of pyridine rings is 1. The van der Waals surface area contributed by atoms with Gasteiger partial charge in [0.05, 0.1) is 5.75 Å². The van der Waals surface area contributed by atoms with Crippen molar-refractivity contribution < 1.29 is 18.3 Å². The van der Waals surface area contributed by atoms with Crippen LogP contribution in [0.5, 0.6) is 0 Å². The number of nitrogens with zero attached hydrogens (tertiary/aromatic N) is 1. The molecule has 0 aromatic carbocycles. The van der Waals surface area contributed by atoms with Crippen LogP contribution in [0.2, 0.25) is 0 Å². The Bertz CT molecular complexity index is 582. The number of hydrogen-bond acceptors (Lipinski definition) is 5. The minimum absolute atomic E-state index is 0.0627. The van der Waals surface area contributed by atoms with Crippen molar-refractivity contribution in [2.24, 2.45) is 0 Å². The van der Waals surface area contributed by atoms with Crippen LogP contribution < -0.4 is 5.32 Å². The van der Waals surface area contributed by atoms with Crippen molar-refractivity contribution in [1.29, 1.82) is 0 Å². The molecule has 0 atom stereocenters. The smallest absolute Gasteiger partial charge is 0.339 e. The molecule has 1 rings (SSSR count). The van der Waals surface area contributed by atoms with Crippen molar-refractivity contribution in [2.75, 3.05) is 23.9 Å². The van der Waals surface area contributed by atoms with Gasteiger partial charge in [-0.3, -0.25) is 0 Å². The summed E-state index contributed by atoms with van der Waals surface area (Å²) < 4.78 is 22.0. The van der Waals surface area contributed by atoms with Gasteiger partial charge in [0, 0.05) is 18.5 Å². The normalized spacial score (nSPS) is 11.3. The molecule has 0 aliphatic rings. The third kappa shape index (κ3) is 4.86. The molecule has 1 aromatic rings. The maximum atomic E-state index is 11.2. The van der Waals surface area contributed by atoms with E-state index in [9.17, 15) is 13.2 Å². The molecule has 0 unspecified atom stereocenters. The number of hydrogen-bond donors (Lipinski definition) is 2. The van der Waals surface area contributed by atoms with Gasteiger partial charge in [0.25, 0.3) is 0 Å². The summed E-state index contributed by atoms with van der Waals surface area (Å²) in [5.41, 5.74) is 1.48. The van der Waals surface area contributed by atoms with Crippen LogP contribution in [0.4, 0.5) is 5.82 Å². The number of aryl methyl sites for hydroxylation is 2. The highest BCUT2D eigenvalue weighted by Crippen LogP contribution is 2.18. The third-order valence-electron chi connectivity index (χ3n) is 2.54. The molecule has 0 radical (unpaired) electrons. The van der Waals surface area contributed by atoms with Gasteiger partial charge in [-0.2, -0.15) is 0 Å². The zero-order valence-corrected chi connectivity index (χ0v) is 12.0. The molecule has 2 N–H and O–H groups in total. The molecule has 0 aliphatic carbocycles. The average Bonchev–Trinajstić information content (AvgIpc) is 2.21. The molecule has 0 fully saturated rings. The van der Waals surface area contributed by atoms with Gasteiger partial charge in [0.2, 0.25) is 0 Å². The number of aromatic nitrogens is 1. The molecule has 0 aliphatic heterocycles. The highest BCUT2D eigenvalue weighted by molar-refractivity contribution is 7.90.